The summed E-state index contributed by atoms with van der Waals surface area (Å²) in [5.41, 5.74) is 0. The van der Waals surface area contributed by atoms with Crippen LogP contribution in [0.1, 0.15) is 13.3 Å². The Morgan fingerprint density at radius 3 is 2.75 bits per heavy atom. The number of carbonyl (C=O) groups excluding carboxylic acids is 1. The molecule has 1 fully saturated rings. The largest absolute Gasteiger partial charge is 0.338 e. The third kappa shape index (κ3) is 4.18. The molecule has 0 unspecified atom stereocenters. The first-order valence-corrected chi connectivity index (χ1v) is 4.57. The third-order valence-electron chi connectivity index (χ3n) is 1.81. The SMILES string of the molecule is CCNC(=O)NCCCN1CC1. The van der Waals surface area contributed by atoms with Crippen LogP contribution in [0.5, 0.6) is 0 Å². The number of amides is 2. The zero-order chi connectivity index (χ0) is 8.81. The van der Waals surface area contributed by atoms with E-state index in [0.29, 0.717) is 6.54 Å². The molecule has 2 amide bonds. The fourth-order valence-corrected chi connectivity index (χ4v) is 1.02. The number of carbonyl (C=O) groups is 1. The maximum atomic E-state index is 10.9. The van der Waals surface area contributed by atoms with Crippen molar-refractivity contribution in [2.75, 3.05) is 32.7 Å². The van der Waals surface area contributed by atoms with E-state index < -0.39 is 0 Å². The van der Waals surface area contributed by atoms with E-state index >= 15 is 0 Å². The second kappa shape index (κ2) is 4.98. The van der Waals surface area contributed by atoms with E-state index in [-0.39, 0.29) is 6.03 Å². The lowest BCUT2D eigenvalue weighted by Gasteiger charge is -2.05. The minimum atomic E-state index is -0.0525. The Labute approximate surface area is 73.3 Å². The molecular weight excluding hydrogens is 154 g/mol. The molecule has 4 nitrogen and oxygen atoms in total. The van der Waals surface area contributed by atoms with Crippen molar-refractivity contribution in [2.45, 2.75) is 13.3 Å². The molecule has 1 heterocycles. The van der Waals surface area contributed by atoms with Crippen molar-refractivity contribution in [2.24, 2.45) is 0 Å². The van der Waals surface area contributed by atoms with Crippen molar-refractivity contribution < 1.29 is 4.79 Å². The molecular formula is C8H17N3O. The van der Waals surface area contributed by atoms with Crippen LogP contribution in [0.2, 0.25) is 0 Å². The van der Waals surface area contributed by atoms with E-state index in [9.17, 15) is 4.79 Å². The van der Waals surface area contributed by atoms with Gasteiger partial charge in [-0.3, -0.25) is 0 Å². The third-order valence-corrected chi connectivity index (χ3v) is 1.81. The number of hydrogen-bond donors (Lipinski definition) is 2. The highest BCUT2D eigenvalue weighted by Crippen LogP contribution is 2.02. The number of nitrogens with zero attached hydrogens (tertiary/aromatic N) is 1. The Morgan fingerprint density at radius 1 is 1.42 bits per heavy atom. The molecule has 1 aliphatic heterocycles. The van der Waals surface area contributed by atoms with Gasteiger partial charge in [-0.25, -0.2) is 4.79 Å². The molecule has 0 atom stereocenters. The van der Waals surface area contributed by atoms with E-state index in [1.165, 1.54) is 13.1 Å². The first-order valence-electron chi connectivity index (χ1n) is 4.57. The lowest BCUT2D eigenvalue weighted by Crippen LogP contribution is -2.36. The average Bonchev–Trinajstić information content (AvgIpc) is 2.82. The van der Waals surface area contributed by atoms with E-state index in [2.05, 4.69) is 15.5 Å². The van der Waals surface area contributed by atoms with Gasteiger partial charge in [0.15, 0.2) is 0 Å². The molecule has 70 valence electrons. The van der Waals surface area contributed by atoms with Crippen LogP contribution in [0, 0.1) is 0 Å². The molecule has 0 saturated carbocycles. The van der Waals surface area contributed by atoms with Crippen molar-refractivity contribution in [3.05, 3.63) is 0 Å². The molecule has 0 aliphatic carbocycles. The van der Waals surface area contributed by atoms with Crippen LogP contribution < -0.4 is 10.6 Å². The van der Waals surface area contributed by atoms with Crippen molar-refractivity contribution in [1.82, 2.24) is 15.5 Å². The molecule has 12 heavy (non-hydrogen) atoms. The summed E-state index contributed by atoms with van der Waals surface area (Å²) in [7, 11) is 0. The summed E-state index contributed by atoms with van der Waals surface area (Å²) in [6.45, 7) is 6.98. The lowest BCUT2D eigenvalue weighted by molar-refractivity contribution is 0.241. The fourth-order valence-electron chi connectivity index (χ4n) is 1.02. The molecule has 1 saturated heterocycles. The van der Waals surface area contributed by atoms with Gasteiger partial charge in [0.05, 0.1) is 0 Å². The van der Waals surface area contributed by atoms with Gasteiger partial charge in [0, 0.05) is 26.2 Å². The molecule has 0 radical (unpaired) electrons. The van der Waals surface area contributed by atoms with Crippen LogP contribution in [-0.2, 0) is 0 Å². The Morgan fingerprint density at radius 2 is 2.17 bits per heavy atom. The van der Waals surface area contributed by atoms with Gasteiger partial charge >= 0.3 is 6.03 Å². The van der Waals surface area contributed by atoms with Crippen LogP contribution in [0.4, 0.5) is 4.79 Å². The standard InChI is InChI=1S/C8H17N3O/c1-2-9-8(12)10-4-3-5-11-6-7-11/h2-7H2,1H3,(H2,9,10,12). The average molecular weight is 171 g/mol. The van der Waals surface area contributed by atoms with Gasteiger partial charge in [-0.2, -0.15) is 0 Å². The molecule has 0 aromatic rings. The molecule has 2 N–H and O–H groups in total. The van der Waals surface area contributed by atoms with Gasteiger partial charge < -0.3 is 15.5 Å². The first-order chi connectivity index (χ1) is 5.83. The molecule has 0 aromatic heterocycles. The second-order valence-corrected chi connectivity index (χ2v) is 2.98. The highest BCUT2D eigenvalue weighted by molar-refractivity contribution is 5.73. The monoisotopic (exact) mass is 171 g/mol. The molecule has 0 spiro atoms. The zero-order valence-electron chi connectivity index (χ0n) is 7.60. The van der Waals surface area contributed by atoms with E-state index in [4.69, 9.17) is 0 Å². The topological polar surface area (TPSA) is 44.1 Å². The highest BCUT2D eigenvalue weighted by Gasteiger charge is 2.15. The Balaban J connectivity index is 1.83. The van der Waals surface area contributed by atoms with Crippen LogP contribution in [0.15, 0.2) is 0 Å². The number of urea groups is 1. The molecule has 4 heteroatoms. The normalized spacial score (nSPS) is 15.8. The predicted molar refractivity (Wildman–Crippen MR) is 48.1 cm³/mol. The summed E-state index contributed by atoms with van der Waals surface area (Å²) in [6.07, 6.45) is 1.05. The van der Waals surface area contributed by atoms with Crippen LogP contribution >= 0.6 is 0 Å². The first kappa shape index (κ1) is 9.32. The van der Waals surface area contributed by atoms with Gasteiger partial charge in [-0.05, 0) is 19.9 Å². The van der Waals surface area contributed by atoms with Crippen LogP contribution in [-0.4, -0.2) is 43.7 Å². The van der Waals surface area contributed by atoms with Crippen LogP contribution in [0.25, 0.3) is 0 Å². The lowest BCUT2D eigenvalue weighted by atomic mass is 10.4. The summed E-state index contributed by atoms with van der Waals surface area (Å²) in [5.74, 6) is 0. The summed E-state index contributed by atoms with van der Waals surface area (Å²) < 4.78 is 0. The molecule has 0 bridgehead atoms. The molecule has 0 aromatic carbocycles. The minimum Gasteiger partial charge on any atom is -0.338 e. The van der Waals surface area contributed by atoms with E-state index in [1.54, 1.807) is 0 Å². The van der Waals surface area contributed by atoms with Gasteiger partial charge in [0.2, 0.25) is 0 Å². The van der Waals surface area contributed by atoms with Crippen molar-refractivity contribution in [3.8, 4) is 0 Å². The maximum Gasteiger partial charge on any atom is 0.314 e. The maximum absolute atomic E-state index is 10.9. The van der Waals surface area contributed by atoms with Crippen molar-refractivity contribution in [1.29, 1.82) is 0 Å². The van der Waals surface area contributed by atoms with E-state index in [1.807, 2.05) is 6.92 Å². The molecule has 1 aliphatic rings. The summed E-state index contributed by atoms with van der Waals surface area (Å²) in [6, 6.07) is -0.0525. The Bertz CT molecular complexity index is 145. The van der Waals surface area contributed by atoms with E-state index in [0.717, 1.165) is 19.5 Å². The number of nitrogens with one attached hydrogen (secondary N) is 2. The number of rotatable bonds is 5. The smallest absolute Gasteiger partial charge is 0.314 e. The van der Waals surface area contributed by atoms with Crippen molar-refractivity contribution >= 4 is 6.03 Å². The zero-order valence-corrected chi connectivity index (χ0v) is 7.60. The Hall–Kier alpha value is -0.770. The second-order valence-electron chi connectivity index (χ2n) is 2.98. The van der Waals surface area contributed by atoms with Gasteiger partial charge in [-0.1, -0.05) is 0 Å². The highest BCUT2D eigenvalue weighted by atomic mass is 16.2. The quantitative estimate of drug-likeness (QED) is 0.452. The summed E-state index contributed by atoms with van der Waals surface area (Å²) >= 11 is 0. The summed E-state index contributed by atoms with van der Waals surface area (Å²) in [4.78, 5) is 13.2. The van der Waals surface area contributed by atoms with Gasteiger partial charge in [0.25, 0.3) is 0 Å². The van der Waals surface area contributed by atoms with Crippen LogP contribution in [0.3, 0.4) is 0 Å². The predicted octanol–water partition coefficient (Wildman–Crippen LogP) is 0.0112. The van der Waals surface area contributed by atoms with Gasteiger partial charge in [-0.15, -0.1) is 0 Å². The minimum absolute atomic E-state index is 0.0525. The number of hydrogen-bond acceptors (Lipinski definition) is 2. The summed E-state index contributed by atoms with van der Waals surface area (Å²) in [5, 5.41) is 5.48. The van der Waals surface area contributed by atoms with Gasteiger partial charge in [0.1, 0.15) is 0 Å². The fraction of sp³-hybridized carbons (Fsp3) is 0.875. The van der Waals surface area contributed by atoms with Crippen molar-refractivity contribution in [3.63, 3.8) is 0 Å². The Kier molecular flexibility index (Phi) is 3.87. The molecule has 1 rings (SSSR count).